The number of nitrogens with zero attached hydrogens (tertiary/aromatic N) is 3. The number of halogens is 3. The average Bonchev–Trinajstić information content (AvgIpc) is 3.53. The van der Waals surface area contributed by atoms with Crippen molar-refractivity contribution in [3.8, 4) is 40.0 Å². The van der Waals surface area contributed by atoms with E-state index in [1.165, 1.54) is 18.2 Å². The number of carboxylic acid groups (broad SMARTS) is 1. The van der Waals surface area contributed by atoms with Crippen molar-refractivity contribution in [2.24, 2.45) is 0 Å². The van der Waals surface area contributed by atoms with Crippen molar-refractivity contribution in [3.63, 3.8) is 0 Å². The van der Waals surface area contributed by atoms with Crippen LogP contribution in [-0.2, 0) is 11.0 Å². The summed E-state index contributed by atoms with van der Waals surface area (Å²) >= 11 is 0. The molecule has 192 valence electrons. The number of alkyl halides is 3. The van der Waals surface area contributed by atoms with Crippen LogP contribution in [-0.4, -0.2) is 50.7 Å². The van der Waals surface area contributed by atoms with Gasteiger partial charge in [-0.1, -0.05) is 52.8 Å². The van der Waals surface area contributed by atoms with Gasteiger partial charge < -0.3 is 29.3 Å². The van der Waals surface area contributed by atoms with E-state index in [0.717, 1.165) is 0 Å². The third-order valence-corrected chi connectivity index (χ3v) is 5.78. The second-order valence-corrected chi connectivity index (χ2v) is 8.24. The third kappa shape index (κ3) is 4.90. The molecule has 10 nitrogen and oxygen atoms in total. The van der Waals surface area contributed by atoms with Gasteiger partial charge in [0.05, 0.1) is 12.5 Å². The van der Waals surface area contributed by atoms with E-state index in [0.29, 0.717) is 16.9 Å². The zero-order valence-electron chi connectivity index (χ0n) is 18.9. The monoisotopic (exact) mass is 516 g/mol. The average molecular weight is 516 g/mol. The van der Waals surface area contributed by atoms with Gasteiger partial charge in [-0.25, -0.2) is 0 Å². The van der Waals surface area contributed by atoms with E-state index in [9.17, 15) is 23.1 Å². The number of carbonyl (C=O) groups is 1. The standard InChI is InChI=1S/C24H19F3N4O6/c25-24(26,27)18-19(12-4-2-1-3-5-12)30-36-21(18)23-29-22(31-37-23)13-6-7-14-16(10-13)35-11-15(20(14)34)28-9-8-17(32)33/h1-7,10,15,20,28,34H,8-9,11H2,(H,32,33)/t15-,20+/m0/s1. The van der Waals surface area contributed by atoms with Gasteiger partial charge in [-0.3, -0.25) is 4.79 Å². The van der Waals surface area contributed by atoms with Crippen LogP contribution in [0.2, 0.25) is 0 Å². The molecule has 0 saturated carbocycles. The zero-order valence-corrected chi connectivity index (χ0v) is 18.9. The van der Waals surface area contributed by atoms with Gasteiger partial charge in [-0.05, 0) is 6.07 Å². The van der Waals surface area contributed by atoms with Gasteiger partial charge in [-0.2, -0.15) is 18.2 Å². The highest BCUT2D eigenvalue weighted by atomic mass is 19.4. The molecule has 2 aromatic heterocycles. The first-order valence-electron chi connectivity index (χ1n) is 11.1. The summed E-state index contributed by atoms with van der Waals surface area (Å²) in [5.74, 6) is -1.87. The first-order valence-corrected chi connectivity index (χ1v) is 11.1. The maximum Gasteiger partial charge on any atom is 0.422 e. The summed E-state index contributed by atoms with van der Waals surface area (Å²) < 4.78 is 57.7. The zero-order chi connectivity index (χ0) is 26.2. The number of nitrogens with one attached hydrogen (secondary N) is 1. The van der Waals surface area contributed by atoms with E-state index in [2.05, 4.69) is 20.6 Å². The molecule has 5 rings (SSSR count). The molecule has 2 aromatic carbocycles. The Morgan fingerprint density at radius 2 is 1.86 bits per heavy atom. The molecule has 0 saturated heterocycles. The quantitative estimate of drug-likeness (QED) is 0.330. The van der Waals surface area contributed by atoms with Crippen LogP contribution in [0, 0.1) is 0 Å². The van der Waals surface area contributed by atoms with Gasteiger partial charge >= 0.3 is 12.1 Å². The maximum atomic E-state index is 14.0. The second kappa shape index (κ2) is 9.67. The normalized spacial score (nSPS) is 17.3. The van der Waals surface area contributed by atoms with Crippen LogP contribution < -0.4 is 10.1 Å². The number of hydrogen-bond donors (Lipinski definition) is 3. The highest BCUT2D eigenvalue weighted by molar-refractivity contribution is 5.71. The Morgan fingerprint density at radius 1 is 1.08 bits per heavy atom. The van der Waals surface area contributed by atoms with Crippen molar-refractivity contribution in [1.29, 1.82) is 0 Å². The van der Waals surface area contributed by atoms with Crippen LogP contribution in [0.5, 0.6) is 5.75 Å². The molecular weight excluding hydrogens is 497 g/mol. The highest BCUT2D eigenvalue weighted by Crippen LogP contribution is 2.43. The Kier molecular flexibility index (Phi) is 6.39. The molecule has 0 amide bonds. The molecule has 13 heteroatoms. The molecular formula is C24H19F3N4O6. The number of carboxylic acids is 1. The molecule has 0 unspecified atom stereocenters. The fraction of sp³-hybridized carbons (Fsp3) is 0.250. The third-order valence-electron chi connectivity index (χ3n) is 5.78. The van der Waals surface area contributed by atoms with Crippen molar-refractivity contribution in [3.05, 3.63) is 59.7 Å². The number of aliphatic hydroxyl groups is 1. The number of fused-ring (bicyclic) bond motifs is 1. The fourth-order valence-corrected chi connectivity index (χ4v) is 3.99. The predicted molar refractivity (Wildman–Crippen MR) is 120 cm³/mol. The van der Waals surface area contributed by atoms with E-state index in [4.69, 9.17) is 18.9 Å². The van der Waals surface area contributed by atoms with E-state index < -0.39 is 47.2 Å². The maximum absolute atomic E-state index is 14.0. The summed E-state index contributed by atoms with van der Waals surface area (Å²) in [6, 6.07) is 11.9. The van der Waals surface area contributed by atoms with E-state index in [1.807, 2.05) is 0 Å². The van der Waals surface area contributed by atoms with Crippen molar-refractivity contribution in [1.82, 2.24) is 20.6 Å². The van der Waals surface area contributed by atoms with Crippen LogP contribution in [0.25, 0.3) is 34.3 Å². The molecule has 0 radical (unpaired) electrons. The molecule has 3 N–H and O–H groups in total. The molecule has 0 spiro atoms. The van der Waals surface area contributed by atoms with Crippen molar-refractivity contribution in [2.45, 2.75) is 24.7 Å². The summed E-state index contributed by atoms with van der Waals surface area (Å²) in [4.78, 5) is 14.8. The van der Waals surface area contributed by atoms with Gasteiger partial charge in [0.15, 0.2) is 0 Å². The van der Waals surface area contributed by atoms with E-state index >= 15 is 0 Å². The van der Waals surface area contributed by atoms with Crippen LogP contribution in [0.4, 0.5) is 13.2 Å². The van der Waals surface area contributed by atoms with Gasteiger partial charge in [0.1, 0.15) is 29.7 Å². The summed E-state index contributed by atoms with van der Waals surface area (Å²) in [6.45, 7) is 0.233. The molecule has 3 heterocycles. The Hall–Kier alpha value is -4.23. The summed E-state index contributed by atoms with van der Waals surface area (Å²) in [5, 5.41) is 29.7. The lowest BCUT2D eigenvalue weighted by Gasteiger charge is -2.31. The van der Waals surface area contributed by atoms with E-state index in [-0.39, 0.29) is 31.0 Å². The number of benzene rings is 2. The number of aliphatic hydroxyl groups excluding tert-OH is 1. The lowest BCUT2D eigenvalue weighted by atomic mass is 9.97. The first-order chi connectivity index (χ1) is 17.7. The first kappa shape index (κ1) is 24.5. The summed E-state index contributed by atoms with van der Waals surface area (Å²) in [5.41, 5.74) is -0.494. The van der Waals surface area contributed by atoms with Crippen LogP contribution >= 0.6 is 0 Å². The number of aromatic nitrogens is 3. The molecule has 4 aromatic rings. The Balaban J connectivity index is 1.41. The van der Waals surface area contributed by atoms with Gasteiger partial charge in [0.25, 0.3) is 5.89 Å². The van der Waals surface area contributed by atoms with Crippen LogP contribution in [0.3, 0.4) is 0 Å². The van der Waals surface area contributed by atoms with Gasteiger partial charge in [0.2, 0.25) is 11.6 Å². The Bertz CT molecular complexity index is 1420. The highest BCUT2D eigenvalue weighted by Gasteiger charge is 2.43. The molecule has 0 aliphatic carbocycles. The molecule has 37 heavy (non-hydrogen) atoms. The fourth-order valence-electron chi connectivity index (χ4n) is 3.99. The number of rotatable bonds is 7. The lowest BCUT2D eigenvalue weighted by molar-refractivity contribution is -0.137. The van der Waals surface area contributed by atoms with Crippen LogP contribution in [0.15, 0.2) is 57.6 Å². The largest absolute Gasteiger partial charge is 0.491 e. The minimum atomic E-state index is -4.81. The van der Waals surface area contributed by atoms with Crippen molar-refractivity contribution >= 4 is 5.97 Å². The number of hydrogen-bond acceptors (Lipinski definition) is 9. The van der Waals surface area contributed by atoms with Crippen molar-refractivity contribution < 1.29 is 42.0 Å². The van der Waals surface area contributed by atoms with Crippen LogP contribution in [0.1, 0.15) is 23.7 Å². The summed E-state index contributed by atoms with van der Waals surface area (Å²) in [6.07, 6.45) is -5.88. The van der Waals surface area contributed by atoms with E-state index in [1.54, 1.807) is 30.3 Å². The minimum Gasteiger partial charge on any atom is -0.491 e. The van der Waals surface area contributed by atoms with Crippen molar-refractivity contribution in [2.75, 3.05) is 13.2 Å². The molecule has 0 bridgehead atoms. The Labute approximate surface area is 206 Å². The predicted octanol–water partition coefficient (Wildman–Crippen LogP) is 3.94. The molecule has 1 aliphatic heterocycles. The summed E-state index contributed by atoms with van der Waals surface area (Å²) in [7, 11) is 0. The van der Waals surface area contributed by atoms with Gasteiger partial charge in [0, 0.05) is 23.2 Å². The molecule has 2 atom stereocenters. The lowest BCUT2D eigenvalue weighted by Crippen LogP contribution is -2.43. The second-order valence-electron chi connectivity index (χ2n) is 8.24. The number of ether oxygens (including phenoxy) is 1. The molecule has 1 aliphatic rings. The smallest absolute Gasteiger partial charge is 0.422 e. The molecule has 0 fully saturated rings. The SMILES string of the molecule is O=C(O)CCN[C@H]1COc2cc(-c3noc(-c4onc(-c5ccccc5)c4C(F)(F)F)n3)ccc2[C@H]1O. The van der Waals surface area contributed by atoms with Gasteiger partial charge in [-0.15, -0.1) is 0 Å². The Morgan fingerprint density at radius 3 is 2.59 bits per heavy atom. The minimum absolute atomic E-state index is 0.0246. The number of aliphatic carboxylic acids is 1. The topological polar surface area (TPSA) is 144 Å².